The topological polar surface area (TPSA) is 21.6 Å². The van der Waals surface area contributed by atoms with Crippen LogP contribution in [-0.2, 0) is 4.43 Å². The van der Waals surface area contributed by atoms with Gasteiger partial charge < -0.3 is 4.43 Å². The molecule has 2 nitrogen and oxygen atoms in total. The summed E-state index contributed by atoms with van der Waals surface area (Å²) in [7, 11) is -2.51. The molecule has 1 unspecified atom stereocenters. The zero-order valence-electron chi connectivity index (χ0n) is 15.8. The highest BCUT2D eigenvalue weighted by Crippen LogP contribution is 2.40. The molecular weight excluding hydrogens is 354 g/mol. The van der Waals surface area contributed by atoms with Gasteiger partial charge in [0.05, 0.1) is 17.3 Å². The Morgan fingerprint density at radius 2 is 1.50 bits per heavy atom. The van der Waals surface area contributed by atoms with Gasteiger partial charge in [0, 0.05) is 0 Å². The monoisotopic (exact) mass is 381 g/mol. The van der Waals surface area contributed by atoms with Crippen LogP contribution in [0.5, 0.6) is 0 Å². The molecule has 0 saturated heterocycles. The molecule has 0 amide bonds. The molecule has 0 radical (unpaired) electrons. The Hall–Kier alpha value is -1.58. The number of hydrogen-bond acceptors (Lipinski definition) is 3. The molecule has 2 atom stereocenters. The maximum absolute atomic E-state index is 7.16. The maximum atomic E-state index is 7.16. The Morgan fingerprint density at radius 3 is 1.96 bits per heavy atom. The van der Waals surface area contributed by atoms with Gasteiger partial charge in [0.1, 0.15) is 0 Å². The quantitative estimate of drug-likeness (QED) is 0.429. The molecular formula is C22H27NOSSi. The summed E-state index contributed by atoms with van der Waals surface area (Å²) in [4.78, 5) is 4.42. The smallest absolute Gasteiger partial charge is 0.261 e. The lowest BCUT2D eigenvalue weighted by atomic mass is 10.2. The molecule has 1 fully saturated rings. The van der Waals surface area contributed by atoms with E-state index in [2.05, 4.69) is 91.6 Å². The number of isothiocyanates is 1. The number of aliphatic imine (C=N–C) groups is 1. The van der Waals surface area contributed by atoms with E-state index in [9.17, 15) is 0 Å². The minimum Gasteiger partial charge on any atom is -0.402 e. The first kappa shape index (κ1) is 19.2. The van der Waals surface area contributed by atoms with Gasteiger partial charge in [-0.15, -0.1) is 0 Å². The average Bonchev–Trinajstić information content (AvgIpc) is 3.07. The van der Waals surface area contributed by atoms with E-state index in [4.69, 9.17) is 16.6 Å². The van der Waals surface area contributed by atoms with Crippen molar-refractivity contribution in [2.75, 3.05) is 0 Å². The summed E-state index contributed by atoms with van der Waals surface area (Å²) in [5.74, 6) is 0. The normalized spacial score (nSPS) is 20.6. The highest BCUT2D eigenvalue weighted by atomic mass is 32.1. The molecule has 0 aliphatic heterocycles. The molecule has 1 aliphatic rings. The van der Waals surface area contributed by atoms with Gasteiger partial charge in [-0.1, -0.05) is 81.4 Å². The minimum absolute atomic E-state index is 0.00968. The van der Waals surface area contributed by atoms with Crippen molar-refractivity contribution in [2.24, 2.45) is 4.99 Å². The fourth-order valence-electron chi connectivity index (χ4n) is 4.18. The van der Waals surface area contributed by atoms with Crippen LogP contribution in [0.4, 0.5) is 0 Å². The maximum Gasteiger partial charge on any atom is 0.261 e. The first-order valence-electron chi connectivity index (χ1n) is 9.35. The van der Waals surface area contributed by atoms with Gasteiger partial charge in [-0.05, 0) is 46.9 Å². The number of hydrogen-bond donors (Lipinski definition) is 0. The largest absolute Gasteiger partial charge is 0.402 e. The minimum atomic E-state index is -2.51. The van der Waals surface area contributed by atoms with Crippen molar-refractivity contribution in [3.63, 3.8) is 0 Å². The van der Waals surface area contributed by atoms with Gasteiger partial charge in [-0.3, -0.25) is 0 Å². The Labute approximate surface area is 163 Å². The zero-order chi connectivity index (χ0) is 18.6. The fourth-order valence-corrected chi connectivity index (χ4v) is 9.06. The van der Waals surface area contributed by atoms with Crippen LogP contribution in [0.3, 0.4) is 0 Å². The summed E-state index contributed by atoms with van der Waals surface area (Å²) in [5.41, 5.74) is 0. The molecule has 0 N–H and O–H groups in total. The third kappa shape index (κ3) is 3.60. The van der Waals surface area contributed by atoms with Crippen LogP contribution in [0.1, 0.15) is 40.0 Å². The lowest BCUT2D eigenvalue weighted by Crippen LogP contribution is -2.68. The second-order valence-corrected chi connectivity index (χ2v) is 12.5. The van der Waals surface area contributed by atoms with Gasteiger partial charge in [-0.25, -0.2) is 4.99 Å². The highest BCUT2D eigenvalue weighted by molar-refractivity contribution is 7.78. The molecule has 2 aromatic carbocycles. The third-order valence-electron chi connectivity index (χ3n) is 5.38. The van der Waals surface area contributed by atoms with Crippen molar-refractivity contribution in [2.45, 2.75) is 57.2 Å². The van der Waals surface area contributed by atoms with Crippen LogP contribution in [-0.4, -0.2) is 25.6 Å². The summed E-state index contributed by atoms with van der Waals surface area (Å²) in [5, 5.41) is 5.21. The van der Waals surface area contributed by atoms with Crippen LogP contribution in [0.25, 0.3) is 0 Å². The standard InChI is InChI=1S/C22H27NOSSi/c1-22(2,3)26(18-11-6-4-7-12-18,19-13-8-5-9-14-19)24-21-16-10-15-20(21)23-17-25/h4-9,11-14,20-21H,10,15-16H2,1-3H3/t20?,21-/m1/s1. The van der Waals surface area contributed by atoms with Gasteiger partial charge in [0.2, 0.25) is 0 Å². The van der Waals surface area contributed by atoms with Gasteiger partial charge in [-0.2, -0.15) is 0 Å². The molecule has 26 heavy (non-hydrogen) atoms. The summed E-state index contributed by atoms with van der Waals surface area (Å²) in [6.07, 6.45) is 3.31. The number of thiocarbonyl (C=S) groups is 1. The summed E-state index contributed by atoms with van der Waals surface area (Å²) in [6.45, 7) is 6.93. The van der Waals surface area contributed by atoms with Crippen LogP contribution < -0.4 is 10.4 Å². The first-order valence-corrected chi connectivity index (χ1v) is 11.7. The van der Waals surface area contributed by atoms with Crippen molar-refractivity contribution < 1.29 is 4.43 Å². The summed E-state index contributed by atoms with van der Waals surface area (Å²) >= 11 is 4.88. The van der Waals surface area contributed by atoms with E-state index >= 15 is 0 Å². The molecule has 1 saturated carbocycles. The van der Waals surface area contributed by atoms with Gasteiger partial charge in [0.25, 0.3) is 8.32 Å². The first-order chi connectivity index (χ1) is 12.5. The predicted molar refractivity (Wildman–Crippen MR) is 115 cm³/mol. The van der Waals surface area contributed by atoms with Crippen molar-refractivity contribution in [3.8, 4) is 0 Å². The van der Waals surface area contributed by atoms with Crippen LogP contribution in [0.15, 0.2) is 65.7 Å². The van der Waals surface area contributed by atoms with Crippen molar-refractivity contribution >= 4 is 36.1 Å². The number of benzene rings is 2. The Morgan fingerprint density at radius 1 is 0.962 bits per heavy atom. The van der Waals surface area contributed by atoms with Crippen LogP contribution >= 0.6 is 12.2 Å². The van der Waals surface area contributed by atoms with Crippen molar-refractivity contribution in [1.29, 1.82) is 0 Å². The molecule has 4 heteroatoms. The molecule has 0 aromatic heterocycles. The molecule has 2 aromatic rings. The molecule has 0 bridgehead atoms. The van der Waals surface area contributed by atoms with E-state index in [0.717, 1.165) is 19.3 Å². The third-order valence-corrected chi connectivity index (χ3v) is 10.5. The SMILES string of the molecule is CC(C)(C)[Si](O[C@@H]1CCCC1N=C=S)(c1ccccc1)c1ccccc1. The lowest BCUT2D eigenvalue weighted by Gasteiger charge is -2.45. The van der Waals surface area contributed by atoms with E-state index in [1.54, 1.807) is 0 Å². The van der Waals surface area contributed by atoms with E-state index in [1.807, 2.05) is 0 Å². The molecule has 3 rings (SSSR count). The van der Waals surface area contributed by atoms with Gasteiger partial charge >= 0.3 is 0 Å². The molecule has 0 spiro atoms. The number of rotatable bonds is 5. The Bertz CT molecular complexity index is 726. The summed E-state index contributed by atoms with van der Waals surface area (Å²) in [6, 6.07) is 21.7. The fraction of sp³-hybridized carbons (Fsp3) is 0.409. The lowest BCUT2D eigenvalue weighted by molar-refractivity contribution is 0.179. The van der Waals surface area contributed by atoms with Crippen molar-refractivity contribution in [1.82, 2.24) is 0 Å². The zero-order valence-corrected chi connectivity index (χ0v) is 17.6. The average molecular weight is 382 g/mol. The van der Waals surface area contributed by atoms with E-state index in [0.29, 0.717) is 0 Å². The van der Waals surface area contributed by atoms with E-state index in [1.165, 1.54) is 10.4 Å². The number of nitrogens with zero attached hydrogens (tertiary/aromatic N) is 1. The highest BCUT2D eigenvalue weighted by Gasteiger charge is 2.52. The van der Waals surface area contributed by atoms with Gasteiger partial charge in [0.15, 0.2) is 0 Å². The predicted octanol–water partition coefficient (Wildman–Crippen LogP) is 4.59. The molecule has 1 aliphatic carbocycles. The van der Waals surface area contributed by atoms with E-state index < -0.39 is 8.32 Å². The Balaban J connectivity index is 2.16. The second-order valence-electron chi connectivity index (χ2n) is 8.04. The van der Waals surface area contributed by atoms with Crippen LogP contribution in [0.2, 0.25) is 5.04 Å². The molecule has 0 heterocycles. The van der Waals surface area contributed by atoms with E-state index in [-0.39, 0.29) is 17.2 Å². The molecule has 136 valence electrons. The van der Waals surface area contributed by atoms with Crippen molar-refractivity contribution in [3.05, 3.63) is 60.7 Å². The summed E-state index contributed by atoms with van der Waals surface area (Å²) < 4.78 is 7.16. The Kier molecular flexibility index (Phi) is 5.88. The van der Waals surface area contributed by atoms with Crippen LogP contribution in [0, 0.1) is 0 Å². The second kappa shape index (κ2) is 7.97.